The second-order valence-electron chi connectivity index (χ2n) is 6.29. The molecule has 1 atom stereocenters. The minimum absolute atomic E-state index is 0. The zero-order valence-corrected chi connectivity index (χ0v) is 16.9. The van der Waals surface area contributed by atoms with Crippen LogP contribution in [0.4, 0.5) is 5.69 Å². The maximum atomic E-state index is 13.0. The van der Waals surface area contributed by atoms with Gasteiger partial charge in [-0.1, -0.05) is 6.42 Å². The molecule has 1 saturated heterocycles. The topological polar surface area (TPSA) is 102 Å². The predicted octanol–water partition coefficient (Wildman–Crippen LogP) is 2.36. The molecule has 0 spiro atoms. The van der Waals surface area contributed by atoms with E-state index in [1.54, 1.807) is 26.0 Å². The van der Waals surface area contributed by atoms with E-state index in [-0.39, 0.29) is 35.7 Å². The van der Waals surface area contributed by atoms with Crippen molar-refractivity contribution >= 4 is 34.0 Å². The summed E-state index contributed by atoms with van der Waals surface area (Å²) in [6.45, 7) is 4.92. The Labute approximate surface area is 161 Å². The zero-order valence-electron chi connectivity index (χ0n) is 15.2. The Hall–Kier alpha value is -1.35. The molecule has 2 rings (SSSR count). The smallest absolute Gasteiger partial charge is 0.246 e. The third-order valence-electron chi connectivity index (χ3n) is 3.97. The highest BCUT2D eigenvalue weighted by Crippen LogP contribution is 2.31. The van der Waals surface area contributed by atoms with Crippen molar-refractivity contribution in [1.82, 2.24) is 4.31 Å². The number of carbonyl (C=O) groups is 1. The van der Waals surface area contributed by atoms with Gasteiger partial charge in [0.25, 0.3) is 0 Å². The normalized spacial score (nSPS) is 16.4. The molecular weight excluding hydrogens is 378 g/mol. The summed E-state index contributed by atoms with van der Waals surface area (Å²) in [4.78, 5) is 12.0. The lowest BCUT2D eigenvalue weighted by atomic mass is 10.2. The van der Waals surface area contributed by atoms with E-state index in [0.717, 1.165) is 19.3 Å². The lowest BCUT2D eigenvalue weighted by molar-refractivity contribution is -0.116. The Kier molecular flexibility index (Phi) is 8.82. The molecule has 3 N–H and O–H groups in total. The molecule has 1 amide bonds. The van der Waals surface area contributed by atoms with Crippen LogP contribution in [0.3, 0.4) is 0 Å². The number of halogens is 1. The van der Waals surface area contributed by atoms with E-state index in [1.807, 2.05) is 0 Å². The van der Waals surface area contributed by atoms with Crippen LogP contribution in [-0.4, -0.2) is 44.4 Å². The van der Waals surface area contributed by atoms with Gasteiger partial charge >= 0.3 is 0 Å². The standard InChI is InChI=1S/C17H27N3O4S.ClH/c1-3-24-15-8-7-14(19-17(21)11-13(2)18)12-16(15)25(22,23)20-9-5-4-6-10-20;/h7-8,12-13H,3-6,9-11,18H2,1-2H3,(H,19,21);1H. The summed E-state index contributed by atoms with van der Waals surface area (Å²) in [6, 6.07) is 4.43. The van der Waals surface area contributed by atoms with E-state index >= 15 is 0 Å². The van der Waals surface area contributed by atoms with Crippen molar-refractivity contribution in [2.24, 2.45) is 5.73 Å². The first-order valence-electron chi connectivity index (χ1n) is 8.67. The van der Waals surface area contributed by atoms with Crippen LogP contribution in [0.25, 0.3) is 0 Å². The lowest BCUT2D eigenvalue weighted by Crippen LogP contribution is -2.35. The van der Waals surface area contributed by atoms with E-state index in [0.29, 0.717) is 31.1 Å². The van der Waals surface area contributed by atoms with E-state index in [2.05, 4.69) is 5.32 Å². The monoisotopic (exact) mass is 405 g/mol. The molecule has 0 radical (unpaired) electrons. The number of hydrogen-bond acceptors (Lipinski definition) is 5. The molecule has 1 fully saturated rings. The molecule has 148 valence electrons. The molecule has 1 aliphatic heterocycles. The molecule has 0 aliphatic carbocycles. The Morgan fingerprint density at radius 3 is 2.54 bits per heavy atom. The van der Waals surface area contributed by atoms with Crippen molar-refractivity contribution in [3.05, 3.63) is 18.2 Å². The fourth-order valence-electron chi connectivity index (χ4n) is 2.81. The number of nitrogens with zero attached hydrogens (tertiary/aromatic N) is 1. The quantitative estimate of drug-likeness (QED) is 0.724. The predicted molar refractivity (Wildman–Crippen MR) is 104 cm³/mol. The molecule has 1 unspecified atom stereocenters. The number of hydrogen-bond donors (Lipinski definition) is 2. The molecule has 0 aromatic heterocycles. The van der Waals surface area contributed by atoms with Crippen LogP contribution in [0.1, 0.15) is 39.5 Å². The number of nitrogens with one attached hydrogen (secondary N) is 1. The van der Waals surface area contributed by atoms with Crippen LogP contribution in [0.5, 0.6) is 5.75 Å². The van der Waals surface area contributed by atoms with Crippen molar-refractivity contribution < 1.29 is 17.9 Å². The van der Waals surface area contributed by atoms with Crippen LogP contribution < -0.4 is 15.8 Å². The second kappa shape index (κ2) is 10.1. The molecular formula is C17H28ClN3O4S. The van der Waals surface area contributed by atoms with Crippen molar-refractivity contribution in [2.75, 3.05) is 25.0 Å². The minimum Gasteiger partial charge on any atom is -0.492 e. The Morgan fingerprint density at radius 2 is 1.96 bits per heavy atom. The molecule has 26 heavy (non-hydrogen) atoms. The molecule has 0 bridgehead atoms. The summed E-state index contributed by atoms with van der Waals surface area (Å²) >= 11 is 0. The summed E-state index contributed by atoms with van der Waals surface area (Å²) in [7, 11) is -3.66. The number of ether oxygens (including phenoxy) is 1. The van der Waals surface area contributed by atoms with Crippen LogP contribution in [0.15, 0.2) is 23.1 Å². The Morgan fingerprint density at radius 1 is 1.31 bits per heavy atom. The minimum atomic E-state index is -3.66. The van der Waals surface area contributed by atoms with Crippen molar-refractivity contribution in [3.63, 3.8) is 0 Å². The third kappa shape index (κ3) is 5.84. The average Bonchev–Trinajstić information content (AvgIpc) is 2.56. The average molecular weight is 406 g/mol. The van der Waals surface area contributed by atoms with Gasteiger partial charge in [-0.3, -0.25) is 4.79 Å². The van der Waals surface area contributed by atoms with Crippen LogP contribution in [-0.2, 0) is 14.8 Å². The maximum absolute atomic E-state index is 13.0. The summed E-state index contributed by atoms with van der Waals surface area (Å²) in [6.07, 6.45) is 2.92. The fraction of sp³-hybridized carbons (Fsp3) is 0.588. The number of carbonyl (C=O) groups excluding carboxylic acids is 1. The number of sulfonamides is 1. The van der Waals surface area contributed by atoms with Crippen molar-refractivity contribution in [3.8, 4) is 5.75 Å². The van der Waals surface area contributed by atoms with Gasteiger partial charge in [-0.05, 0) is 44.9 Å². The van der Waals surface area contributed by atoms with Gasteiger partial charge in [0.15, 0.2) is 0 Å². The van der Waals surface area contributed by atoms with Gasteiger partial charge in [0.05, 0.1) is 6.61 Å². The van der Waals surface area contributed by atoms with Gasteiger partial charge in [-0.15, -0.1) is 12.4 Å². The largest absolute Gasteiger partial charge is 0.492 e. The first-order valence-corrected chi connectivity index (χ1v) is 10.1. The first kappa shape index (κ1) is 22.7. The highest BCUT2D eigenvalue weighted by molar-refractivity contribution is 7.89. The lowest BCUT2D eigenvalue weighted by Gasteiger charge is -2.27. The number of piperidine rings is 1. The van der Waals surface area contributed by atoms with E-state index in [1.165, 1.54) is 10.4 Å². The number of anilines is 1. The van der Waals surface area contributed by atoms with E-state index in [4.69, 9.17) is 10.5 Å². The zero-order chi connectivity index (χ0) is 18.4. The molecule has 1 aromatic carbocycles. The number of rotatable bonds is 7. The molecule has 1 aromatic rings. The van der Waals surface area contributed by atoms with E-state index < -0.39 is 10.0 Å². The highest BCUT2D eigenvalue weighted by atomic mass is 35.5. The molecule has 1 aliphatic rings. The number of amides is 1. The van der Waals surface area contributed by atoms with Crippen molar-refractivity contribution in [2.45, 2.75) is 50.5 Å². The summed E-state index contributed by atoms with van der Waals surface area (Å²) in [5, 5.41) is 2.70. The molecule has 7 nitrogen and oxygen atoms in total. The van der Waals surface area contributed by atoms with Crippen LogP contribution >= 0.6 is 12.4 Å². The van der Waals surface area contributed by atoms with Gasteiger partial charge in [0, 0.05) is 31.2 Å². The maximum Gasteiger partial charge on any atom is 0.246 e. The first-order chi connectivity index (χ1) is 11.8. The fourth-order valence-corrected chi connectivity index (χ4v) is 4.49. The highest BCUT2D eigenvalue weighted by Gasteiger charge is 2.29. The summed E-state index contributed by atoms with van der Waals surface area (Å²) in [5.41, 5.74) is 6.04. The summed E-state index contributed by atoms with van der Waals surface area (Å²) < 4.78 is 33.0. The Balaban J connectivity index is 0.00000338. The number of nitrogens with two attached hydrogens (primary N) is 1. The van der Waals surface area contributed by atoms with Gasteiger partial charge < -0.3 is 15.8 Å². The van der Waals surface area contributed by atoms with Gasteiger partial charge in [-0.2, -0.15) is 4.31 Å². The van der Waals surface area contributed by atoms with Gasteiger partial charge in [0.2, 0.25) is 15.9 Å². The molecule has 0 saturated carbocycles. The second-order valence-corrected chi connectivity index (χ2v) is 8.20. The molecule has 1 heterocycles. The SMILES string of the molecule is CCOc1ccc(NC(=O)CC(C)N)cc1S(=O)(=O)N1CCCCC1.Cl. The van der Waals surface area contributed by atoms with Crippen molar-refractivity contribution in [1.29, 1.82) is 0 Å². The summed E-state index contributed by atoms with van der Waals surface area (Å²) in [5.74, 6) is 0.0544. The van der Waals surface area contributed by atoms with Crippen LogP contribution in [0.2, 0.25) is 0 Å². The molecule has 9 heteroatoms. The van der Waals surface area contributed by atoms with Gasteiger partial charge in [-0.25, -0.2) is 8.42 Å². The van der Waals surface area contributed by atoms with Crippen LogP contribution in [0, 0.1) is 0 Å². The Bertz CT molecular complexity index is 704. The van der Waals surface area contributed by atoms with E-state index in [9.17, 15) is 13.2 Å². The van der Waals surface area contributed by atoms with Gasteiger partial charge in [0.1, 0.15) is 10.6 Å². The number of benzene rings is 1. The third-order valence-corrected chi connectivity index (χ3v) is 5.89.